The molecule has 1 aromatic carbocycles. The molecule has 2 aliphatic heterocycles. The van der Waals surface area contributed by atoms with Crippen molar-refractivity contribution in [1.82, 2.24) is 14.7 Å². The van der Waals surface area contributed by atoms with Crippen LogP contribution in [0.5, 0.6) is 0 Å². The molecule has 3 heterocycles. The molecule has 0 unspecified atom stereocenters. The zero-order chi connectivity index (χ0) is 16.4. The fraction of sp³-hybridized carbons (Fsp3) is 0.421. The maximum atomic E-state index is 12.1. The molecule has 2 aromatic rings. The highest BCUT2D eigenvalue weighted by atomic mass is 32.1. The molecule has 5 heteroatoms. The highest BCUT2D eigenvalue weighted by Gasteiger charge is 2.38. The minimum absolute atomic E-state index is 0.267. The monoisotopic (exact) mass is 341 g/mol. The number of amides is 1. The SMILES string of the molecule is O=C1C[C@H](c2ccccc2)N1CN1CCN(Cc2cccs2)CC1. The molecule has 0 bridgehead atoms. The molecule has 126 valence electrons. The van der Waals surface area contributed by atoms with Crippen LogP contribution in [0.25, 0.3) is 0 Å². The summed E-state index contributed by atoms with van der Waals surface area (Å²) in [6.07, 6.45) is 0.655. The third-order valence-electron chi connectivity index (χ3n) is 5.03. The maximum absolute atomic E-state index is 12.1. The number of carbonyl (C=O) groups is 1. The van der Waals surface area contributed by atoms with Crippen LogP contribution in [-0.2, 0) is 11.3 Å². The molecule has 4 nitrogen and oxygen atoms in total. The van der Waals surface area contributed by atoms with E-state index in [1.165, 1.54) is 10.4 Å². The Kier molecular flexibility index (Phi) is 4.65. The van der Waals surface area contributed by atoms with Gasteiger partial charge in [-0.1, -0.05) is 36.4 Å². The highest BCUT2D eigenvalue weighted by Crippen LogP contribution is 2.34. The van der Waals surface area contributed by atoms with Crippen molar-refractivity contribution in [2.24, 2.45) is 0 Å². The lowest BCUT2D eigenvalue weighted by atomic mass is 9.94. The van der Waals surface area contributed by atoms with E-state index >= 15 is 0 Å². The number of hydrogen-bond acceptors (Lipinski definition) is 4. The number of rotatable bonds is 5. The summed E-state index contributed by atoms with van der Waals surface area (Å²) in [6.45, 7) is 6.06. The average Bonchev–Trinajstić information content (AvgIpc) is 3.13. The van der Waals surface area contributed by atoms with E-state index in [0.29, 0.717) is 6.42 Å². The summed E-state index contributed by atoms with van der Waals surface area (Å²) in [4.78, 5) is 20.4. The molecule has 1 atom stereocenters. The van der Waals surface area contributed by atoms with E-state index in [4.69, 9.17) is 0 Å². The lowest BCUT2D eigenvalue weighted by molar-refractivity contribution is -0.150. The van der Waals surface area contributed by atoms with Gasteiger partial charge in [0.2, 0.25) is 5.91 Å². The van der Waals surface area contributed by atoms with Crippen LogP contribution in [0, 0.1) is 0 Å². The Balaban J connectivity index is 1.29. The predicted molar refractivity (Wildman–Crippen MR) is 96.7 cm³/mol. The second kappa shape index (κ2) is 7.05. The van der Waals surface area contributed by atoms with E-state index in [2.05, 4.69) is 51.6 Å². The summed E-state index contributed by atoms with van der Waals surface area (Å²) < 4.78 is 0. The third kappa shape index (κ3) is 3.38. The molecule has 2 fully saturated rings. The van der Waals surface area contributed by atoms with Crippen molar-refractivity contribution in [3.63, 3.8) is 0 Å². The van der Waals surface area contributed by atoms with Crippen LogP contribution in [0.1, 0.15) is 22.9 Å². The first-order chi connectivity index (χ1) is 11.8. The van der Waals surface area contributed by atoms with Gasteiger partial charge in [-0.05, 0) is 17.0 Å². The molecule has 0 N–H and O–H groups in total. The van der Waals surface area contributed by atoms with Gasteiger partial charge in [0.05, 0.1) is 19.1 Å². The van der Waals surface area contributed by atoms with Gasteiger partial charge >= 0.3 is 0 Å². The summed E-state index contributed by atoms with van der Waals surface area (Å²) in [5, 5.41) is 2.14. The van der Waals surface area contributed by atoms with Crippen LogP contribution in [0.2, 0.25) is 0 Å². The molecule has 4 rings (SSSR count). The van der Waals surface area contributed by atoms with Gasteiger partial charge in [0.25, 0.3) is 0 Å². The van der Waals surface area contributed by atoms with Gasteiger partial charge in [0.1, 0.15) is 0 Å². The minimum atomic E-state index is 0.267. The standard InChI is InChI=1S/C19H23N3OS/c23-19-13-18(16-5-2-1-3-6-16)22(19)15-21-10-8-20(9-11-21)14-17-7-4-12-24-17/h1-7,12,18H,8-11,13-15H2/t18-/m1/s1. The number of benzene rings is 1. The Bertz CT molecular complexity index is 665. The van der Waals surface area contributed by atoms with Gasteiger partial charge < -0.3 is 4.90 Å². The molecule has 0 aliphatic carbocycles. The third-order valence-corrected chi connectivity index (χ3v) is 5.89. The predicted octanol–water partition coefficient (Wildman–Crippen LogP) is 2.80. The first-order valence-electron chi connectivity index (χ1n) is 8.61. The summed E-state index contributed by atoms with van der Waals surface area (Å²) in [7, 11) is 0. The Morgan fingerprint density at radius 1 is 0.958 bits per heavy atom. The van der Waals surface area contributed by atoms with Crippen LogP contribution in [0.4, 0.5) is 0 Å². The number of carbonyl (C=O) groups excluding carboxylic acids is 1. The summed E-state index contributed by atoms with van der Waals surface area (Å²) in [6, 6.07) is 15.0. The van der Waals surface area contributed by atoms with Crippen molar-refractivity contribution in [3.05, 3.63) is 58.3 Å². The minimum Gasteiger partial charge on any atom is -0.322 e. The lowest BCUT2D eigenvalue weighted by Crippen LogP contribution is -2.55. The maximum Gasteiger partial charge on any atom is 0.226 e. The second-order valence-electron chi connectivity index (χ2n) is 6.61. The Morgan fingerprint density at radius 2 is 1.71 bits per heavy atom. The van der Waals surface area contributed by atoms with E-state index in [1.54, 1.807) is 0 Å². The zero-order valence-electron chi connectivity index (χ0n) is 13.8. The van der Waals surface area contributed by atoms with Crippen LogP contribution in [0.15, 0.2) is 47.8 Å². The van der Waals surface area contributed by atoms with E-state index in [-0.39, 0.29) is 11.9 Å². The molecule has 0 saturated carbocycles. The summed E-state index contributed by atoms with van der Waals surface area (Å²) in [5.41, 5.74) is 1.26. The number of β-lactam (4-membered cyclic amide) rings is 1. The average molecular weight is 341 g/mol. The molecule has 0 spiro atoms. The largest absolute Gasteiger partial charge is 0.322 e. The van der Waals surface area contributed by atoms with Crippen LogP contribution in [-0.4, -0.2) is 53.5 Å². The summed E-state index contributed by atoms with van der Waals surface area (Å²) in [5.74, 6) is 0.282. The van der Waals surface area contributed by atoms with Crippen LogP contribution < -0.4 is 0 Å². The molecule has 2 aliphatic rings. The van der Waals surface area contributed by atoms with Gasteiger partial charge in [-0.3, -0.25) is 14.6 Å². The molecule has 0 radical (unpaired) electrons. The summed E-state index contributed by atoms with van der Waals surface area (Å²) >= 11 is 1.83. The Labute approximate surface area is 147 Å². The van der Waals surface area contributed by atoms with Gasteiger partial charge in [-0.15, -0.1) is 11.3 Å². The van der Waals surface area contributed by atoms with Crippen molar-refractivity contribution in [1.29, 1.82) is 0 Å². The normalized spacial score (nSPS) is 22.6. The molecule has 1 aromatic heterocycles. The Morgan fingerprint density at radius 3 is 2.38 bits per heavy atom. The lowest BCUT2D eigenvalue weighted by Gasteiger charge is -2.45. The second-order valence-corrected chi connectivity index (χ2v) is 7.64. The molecule has 24 heavy (non-hydrogen) atoms. The highest BCUT2D eigenvalue weighted by molar-refractivity contribution is 7.09. The van der Waals surface area contributed by atoms with Crippen LogP contribution >= 0.6 is 11.3 Å². The zero-order valence-corrected chi connectivity index (χ0v) is 14.6. The number of thiophene rings is 1. The van der Waals surface area contributed by atoms with Crippen molar-refractivity contribution < 1.29 is 4.79 Å². The van der Waals surface area contributed by atoms with E-state index in [9.17, 15) is 4.79 Å². The fourth-order valence-electron chi connectivity index (χ4n) is 3.53. The molecular formula is C19H23N3OS. The molecule has 2 saturated heterocycles. The van der Waals surface area contributed by atoms with Crippen LogP contribution in [0.3, 0.4) is 0 Å². The van der Waals surface area contributed by atoms with Gasteiger partial charge in [-0.2, -0.15) is 0 Å². The van der Waals surface area contributed by atoms with Crippen molar-refractivity contribution in [3.8, 4) is 0 Å². The number of nitrogens with zero attached hydrogens (tertiary/aromatic N) is 3. The van der Waals surface area contributed by atoms with Crippen molar-refractivity contribution >= 4 is 17.2 Å². The number of hydrogen-bond donors (Lipinski definition) is 0. The van der Waals surface area contributed by atoms with Crippen molar-refractivity contribution in [2.45, 2.75) is 19.0 Å². The number of piperazine rings is 1. The van der Waals surface area contributed by atoms with E-state index in [0.717, 1.165) is 39.4 Å². The van der Waals surface area contributed by atoms with Gasteiger partial charge in [-0.25, -0.2) is 0 Å². The first-order valence-corrected chi connectivity index (χ1v) is 9.49. The molecule has 1 amide bonds. The van der Waals surface area contributed by atoms with E-state index in [1.807, 2.05) is 22.3 Å². The first kappa shape index (κ1) is 15.8. The topological polar surface area (TPSA) is 26.8 Å². The van der Waals surface area contributed by atoms with E-state index < -0.39 is 0 Å². The Hall–Kier alpha value is -1.69. The van der Waals surface area contributed by atoms with Crippen molar-refractivity contribution in [2.75, 3.05) is 32.8 Å². The quantitative estimate of drug-likeness (QED) is 0.783. The van der Waals surface area contributed by atoms with Gasteiger partial charge in [0.15, 0.2) is 0 Å². The molecular weight excluding hydrogens is 318 g/mol. The smallest absolute Gasteiger partial charge is 0.226 e. The number of likely N-dealkylation sites (tertiary alicyclic amines) is 1. The van der Waals surface area contributed by atoms with Gasteiger partial charge in [0, 0.05) is 37.6 Å². The fourth-order valence-corrected chi connectivity index (χ4v) is 4.28.